The number of unbranched alkanes of at least 4 members (excludes halogenated alkanes) is 1. The van der Waals surface area contributed by atoms with Crippen molar-refractivity contribution in [1.82, 2.24) is 10.6 Å². The molecule has 0 aromatic heterocycles. The molecule has 0 spiro atoms. The molecule has 6 nitrogen and oxygen atoms in total. The van der Waals surface area contributed by atoms with Crippen molar-refractivity contribution in [3.63, 3.8) is 0 Å². The maximum atomic E-state index is 11.7. The summed E-state index contributed by atoms with van der Waals surface area (Å²) in [5, 5.41) is 13.6. The number of hydrogen-bond donors (Lipinski definition) is 3. The van der Waals surface area contributed by atoms with Crippen molar-refractivity contribution in [3.8, 4) is 0 Å². The van der Waals surface area contributed by atoms with Gasteiger partial charge in [-0.05, 0) is 43.9 Å². The zero-order valence-electron chi connectivity index (χ0n) is 12.9. The molecule has 1 aliphatic rings. The number of urea groups is 1. The Bertz CT molecular complexity index is 384. The van der Waals surface area contributed by atoms with E-state index < -0.39 is 12.0 Å². The Morgan fingerprint density at radius 3 is 2.33 bits per heavy atom. The van der Waals surface area contributed by atoms with Crippen molar-refractivity contribution in [2.45, 2.75) is 64.8 Å². The maximum Gasteiger partial charge on any atom is 0.321 e. The Morgan fingerprint density at radius 2 is 1.71 bits per heavy atom. The first-order valence-electron chi connectivity index (χ1n) is 7.70. The second-order valence-corrected chi connectivity index (χ2v) is 6.09. The van der Waals surface area contributed by atoms with Crippen LogP contribution in [0.2, 0.25) is 0 Å². The number of rotatable bonds is 6. The topological polar surface area (TPSA) is 95.5 Å². The minimum absolute atomic E-state index is 0.0532. The molecular formula is C15H26N2O4. The van der Waals surface area contributed by atoms with E-state index in [2.05, 4.69) is 24.5 Å². The Kier molecular flexibility index (Phi) is 7.19. The first kappa shape index (κ1) is 17.5. The van der Waals surface area contributed by atoms with Gasteiger partial charge in [-0.25, -0.2) is 4.79 Å². The summed E-state index contributed by atoms with van der Waals surface area (Å²) in [5.41, 5.74) is 0. The molecule has 0 aliphatic heterocycles. The highest BCUT2D eigenvalue weighted by Crippen LogP contribution is 2.29. The number of carbonyl (C=O) groups excluding carboxylic acids is 2. The minimum Gasteiger partial charge on any atom is -0.481 e. The molecule has 3 amide bonds. The van der Waals surface area contributed by atoms with Crippen LogP contribution in [-0.4, -0.2) is 29.1 Å². The quantitative estimate of drug-likeness (QED) is 0.655. The highest BCUT2D eigenvalue weighted by atomic mass is 16.4. The Balaban J connectivity index is 2.18. The van der Waals surface area contributed by atoms with E-state index in [1.165, 1.54) is 0 Å². The number of carboxylic acid groups (broad SMARTS) is 1. The van der Waals surface area contributed by atoms with Crippen LogP contribution in [0.4, 0.5) is 4.79 Å². The molecule has 3 N–H and O–H groups in total. The van der Waals surface area contributed by atoms with E-state index in [4.69, 9.17) is 5.11 Å². The number of nitrogens with one attached hydrogen (secondary N) is 2. The van der Waals surface area contributed by atoms with E-state index in [9.17, 15) is 14.4 Å². The van der Waals surface area contributed by atoms with Crippen molar-refractivity contribution >= 4 is 17.9 Å². The molecular weight excluding hydrogens is 272 g/mol. The summed E-state index contributed by atoms with van der Waals surface area (Å²) >= 11 is 0. The van der Waals surface area contributed by atoms with Crippen LogP contribution in [0.15, 0.2) is 0 Å². The van der Waals surface area contributed by atoms with Crippen LogP contribution in [0.25, 0.3) is 0 Å². The summed E-state index contributed by atoms with van der Waals surface area (Å²) in [4.78, 5) is 33.6. The van der Waals surface area contributed by atoms with Gasteiger partial charge in [0, 0.05) is 18.9 Å². The van der Waals surface area contributed by atoms with Crippen LogP contribution in [-0.2, 0) is 9.59 Å². The molecule has 0 heterocycles. The summed E-state index contributed by atoms with van der Waals surface area (Å²) < 4.78 is 0. The molecule has 1 fully saturated rings. The molecule has 6 heteroatoms. The van der Waals surface area contributed by atoms with Crippen LogP contribution >= 0.6 is 0 Å². The SMILES string of the molecule is CC1CCC(NC(=O)NC(=O)CCCCC(=O)O)CC1C. The lowest BCUT2D eigenvalue weighted by Gasteiger charge is -2.32. The van der Waals surface area contributed by atoms with Crippen molar-refractivity contribution in [2.24, 2.45) is 11.8 Å². The molecule has 3 atom stereocenters. The van der Waals surface area contributed by atoms with Gasteiger partial charge in [0.15, 0.2) is 0 Å². The largest absolute Gasteiger partial charge is 0.481 e. The molecule has 3 unspecified atom stereocenters. The number of hydrogen-bond acceptors (Lipinski definition) is 3. The van der Waals surface area contributed by atoms with Crippen molar-refractivity contribution in [1.29, 1.82) is 0 Å². The van der Waals surface area contributed by atoms with Crippen LogP contribution in [0.3, 0.4) is 0 Å². The summed E-state index contributed by atoms with van der Waals surface area (Å²) in [7, 11) is 0. The van der Waals surface area contributed by atoms with Gasteiger partial charge in [-0.1, -0.05) is 13.8 Å². The van der Waals surface area contributed by atoms with E-state index in [1.54, 1.807) is 0 Å². The fourth-order valence-electron chi connectivity index (χ4n) is 2.65. The maximum absolute atomic E-state index is 11.7. The average molecular weight is 298 g/mol. The first-order valence-corrected chi connectivity index (χ1v) is 7.70. The second-order valence-electron chi connectivity index (χ2n) is 6.09. The van der Waals surface area contributed by atoms with Crippen molar-refractivity contribution in [3.05, 3.63) is 0 Å². The van der Waals surface area contributed by atoms with Crippen LogP contribution in [0, 0.1) is 11.8 Å². The van der Waals surface area contributed by atoms with Crippen molar-refractivity contribution in [2.75, 3.05) is 0 Å². The van der Waals surface area contributed by atoms with Gasteiger partial charge in [0.25, 0.3) is 0 Å². The predicted molar refractivity (Wildman–Crippen MR) is 78.7 cm³/mol. The molecule has 0 radical (unpaired) electrons. The van der Waals surface area contributed by atoms with Gasteiger partial charge in [0.05, 0.1) is 0 Å². The number of carbonyl (C=O) groups is 3. The summed E-state index contributed by atoms with van der Waals surface area (Å²) in [6.07, 6.45) is 4.14. The van der Waals surface area contributed by atoms with E-state index in [0.717, 1.165) is 19.3 Å². The normalized spacial score (nSPS) is 25.1. The molecule has 0 saturated heterocycles. The molecule has 120 valence electrons. The lowest BCUT2D eigenvalue weighted by molar-refractivity contribution is -0.137. The van der Waals surface area contributed by atoms with Gasteiger partial charge in [-0.2, -0.15) is 0 Å². The standard InChI is InChI=1S/C15H26N2O4/c1-10-7-8-12(9-11(10)2)16-15(21)17-13(18)5-3-4-6-14(19)20/h10-12H,3-9H2,1-2H3,(H,19,20)(H2,16,17,18,21). The zero-order chi connectivity index (χ0) is 15.8. The molecule has 1 aliphatic carbocycles. The van der Waals surface area contributed by atoms with Gasteiger partial charge >= 0.3 is 12.0 Å². The van der Waals surface area contributed by atoms with E-state index in [0.29, 0.717) is 24.7 Å². The lowest BCUT2D eigenvalue weighted by atomic mass is 9.79. The molecule has 1 rings (SSSR count). The molecule has 21 heavy (non-hydrogen) atoms. The molecule has 0 aromatic rings. The number of carboxylic acids is 1. The molecule has 0 bridgehead atoms. The Labute approximate surface area is 125 Å². The highest BCUT2D eigenvalue weighted by molar-refractivity contribution is 5.94. The first-order chi connectivity index (χ1) is 9.88. The minimum atomic E-state index is -0.867. The van der Waals surface area contributed by atoms with Gasteiger partial charge in [-0.15, -0.1) is 0 Å². The zero-order valence-corrected chi connectivity index (χ0v) is 12.9. The number of imide groups is 1. The summed E-state index contributed by atoms with van der Waals surface area (Å²) in [5.74, 6) is 0.0432. The fourth-order valence-corrected chi connectivity index (χ4v) is 2.65. The number of aliphatic carboxylic acids is 1. The van der Waals surface area contributed by atoms with Crippen LogP contribution in [0.5, 0.6) is 0 Å². The van der Waals surface area contributed by atoms with E-state index in [-0.39, 0.29) is 24.8 Å². The summed E-state index contributed by atoms with van der Waals surface area (Å²) in [6.45, 7) is 4.41. The third-order valence-electron chi connectivity index (χ3n) is 4.23. The monoisotopic (exact) mass is 298 g/mol. The van der Waals surface area contributed by atoms with Crippen LogP contribution in [0.1, 0.15) is 58.8 Å². The fraction of sp³-hybridized carbons (Fsp3) is 0.800. The predicted octanol–water partition coefficient (Wildman–Crippen LogP) is 2.28. The van der Waals surface area contributed by atoms with Gasteiger partial charge in [0.1, 0.15) is 0 Å². The molecule has 1 saturated carbocycles. The van der Waals surface area contributed by atoms with E-state index >= 15 is 0 Å². The van der Waals surface area contributed by atoms with Gasteiger partial charge in [-0.3, -0.25) is 14.9 Å². The summed E-state index contributed by atoms with van der Waals surface area (Å²) in [6, 6.07) is -0.305. The Morgan fingerprint density at radius 1 is 1.05 bits per heavy atom. The number of amides is 3. The van der Waals surface area contributed by atoms with E-state index in [1.807, 2.05) is 0 Å². The third kappa shape index (κ3) is 7.11. The smallest absolute Gasteiger partial charge is 0.321 e. The lowest BCUT2D eigenvalue weighted by Crippen LogP contribution is -2.46. The van der Waals surface area contributed by atoms with Gasteiger partial charge in [0.2, 0.25) is 5.91 Å². The van der Waals surface area contributed by atoms with Crippen molar-refractivity contribution < 1.29 is 19.5 Å². The Hall–Kier alpha value is -1.59. The average Bonchev–Trinajstić information content (AvgIpc) is 2.38. The second kappa shape index (κ2) is 8.64. The van der Waals surface area contributed by atoms with Gasteiger partial charge < -0.3 is 10.4 Å². The third-order valence-corrected chi connectivity index (χ3v) is 4.23. The van der Waals surface area contributed by atoms with Crippen LogP contribution < -0.4 is 10.6 Å². The highest BCUT2D eigenvalue weighted by Gasteiger charge is 2.25. The molecule has 0 aromatic carbocycles.